The summed E-state index contributed by atoms with van der Waals surface area (Å²) >= 11 is 0. The predicted octanol–water partition coefficient (Wildman–Crippen LogP) is 1.68. The van der Waals surface area contributed by atoms with Gasteiger partial charge in [0.2, 0.25) is 0 Å². The van der Waals surface area contributed by atoms with Crippen molar-refractivity contribution in [3.63, 3.8) is 0 Å². The van der Waals surface area contributed by atoms with Crippen LogP contribution in [-0.4, -0.2) is 24.9 Å². The molecule has 4 nitrogen and oxygen atoms in total. The Morgan fingerprint density at radius 3 is 2.75 bits per heavy atom. The first-order valence-electron chi connectivity index (χ1n) is 5.71. The van der Waals surface area contributed by atoms with E-state index in [9.17, 15) is 0 Å². The molecule has 2 N–H and O–H groups in total. The highest BCUT2D eigenvalue weighted by Gasteiger charge is 2.08. The molecule has 0 saturated carbocycles. The van der Waals surface area contributed by atoms with Gasteiger partial charge in [0.1, 0.15) is 18.1 Å². The van der Waals surface area contributed by atoms with Gasteiger partial charge in [-0.2, -0.15) is 0 Å². The Kier molecular flexibility index (Phi) is 6.15. The Hall–Kier alpha value is -0.840. The topological polar surface area (TPSA) is 54.6 Å². The molecular formula is C12H21NO3. The Balaban J connectivity index is 2.35. The van der Waals surface area contributed by atoms with E-state index < -0.39 is 0 Å². The minimum absolute atomic E-state index is 0.0452. The highest BCUT2D eigenvalue weighted by atomic mass is 16.5. The van der Waals surface area contributed by atoms with Gasteiger partial charge in [-0.15, -0.1) is 0 Å². The fourth-order valence-electron chi connectivity index (χ4n) is 1.64. The molecule has 1 heterocycles. The number of hydrogen-bond donors (Lipinski definition) is 2. The van der Waals surface area contributed by atoms with Crippen LogP contribution < -0.4 is 5.32 Å². The van der Waals surface area contributed by atoms with Crippen molar-refractivity contribution in [1.29, 1.82) is 0 Å². The number of rotatable bonds is 8. The van der Waals surface area contributed by atoms with Crippen LogP contribution in [0.2, 0.25) is 0 Å². The van der Waals surface area contributed by atoms with Gasteiger partial charge in [0, 0.05) is 13.2 Å². The van der Waals surface area contributed by atoms with Crippen molar-refractivity contribution < 1.29 is 14.3 Å². The summed E-state index contributed by atoms with van der Waals surface area (Å²) in [4.78, 5) is 0. The molecule has 1 atom stereocenters. The maximum Gasteiger partial charge on any atom is 0.129 e. The summed E-state index contributed by atoms with van der Waals surface area (Å²) in [5, 5.41) is 12.2. The maximum atomic E-state index is 8.86. The minimum Gasteiger partial charge on any atom is -0.462 e. The van der Waals surface area contributed by atoms with Crippen molar-refractivity contribution in [2.24, 2.45) is 0 Å². The lowest BCUT2D eigenvalue weighted by Crippen LogP contribution is -2.32. The smallest absolute Gasteiger partial charge is 0.129 e. The number of hydrogen-bond acceptors (Lipinski definition) is 4. The van der Waals surface area contributed by atoms with Crippen LogP contribution in [0.4, 0.5) is 0 Å². The molecular weight excluding hydrogens is 206 g/mol. The first-order chi connectivity index (χ1) is 7.80. The second-order valence-electron chi connectivity index (χ2n) is 3.85. The van der Waals surface area contributed by atoms with Crippen molar-refractivity contribution in [2.75, 3.05) is 13.7 Å². The third-order valence-corrected chi connectivity index (χ3v) is 2.44. The zero-order chi connectivity index (χ0) is 11.8. The molecule has 0 radical (unpaired) electrons. The molecule has 1 rings (SSSR count). The molecule has 0 fully saturated rings. The third-order valence-electron chi connectivity index (χ3n) is 2.44. The summed E-state index contributed by atoms with van der Waals surface area (Å²) in [6, 6.07) is 4.04. The van der Waals surface area contributed by atoms with Crippen LogP contribution in [0, 0.1) is 0 Å². The largest absolute Gasteiger partial charge is 0.462 e. The summed E-state index contributed by atoms with van der Waals surface area (Å²) in [6.45, 7) is 3.49. The van der Waals surface area contributed by atoms with Crippen LogP contribution in [0.1, 0.15) is 31.3 Å². The van der Waals surface area contributed by atoms with E-state index in [2.05, 4.69) is 12.2 Å². The number of furan rings is 1. The monoisotopic (exact) mass is 227 g/mol. The number of nitrogens with one attached hydrogen (secondary N) is 1. The zero-order valence-electron chi connectivity index (χ0n) is 10.0. The standard InChI is InChI=1S/C12H21NO3/c1-3-4-10(9-15-2)13-7-11-5-6-12(8-14)16-11/h5-6,10,13-14H,3-4,7-9H2,1-2H3. The average molecular weight is 227 g/mol. The summed E-state index contributed by atoms with van der Waals surface area (Å²) in [5.74, 6) is 1.46. The molecule has 92 valence electrons. The van der Waals surface area contributed by atoms with Crippen LogP contribution in [0.25, 0.3) is 0 Å². The molecule has 0 amide bonds. The Morgan fingerprint density at radius 2 is 2.19 bits per heavy atom. The van der Waals surface area contributed by atoms with Gasteiger partial charge in [0.15, 0.2) is 0 Å². The van der Waals surface area contributed by atoms with E-state index in [1.165, 1.54) is 0 Å². The van der Waals surface area contributed by atoms with Crippen molar-refractivity contribution >= 4 is 0 Å². The second kappa shape index (κ2) is 7.44. The molecule has 0 aliphatic rings. The Labute approximate surface area is 96.6 Å². The third kappa shape index (κ3) is 4.35. The van der Waals surface area contributed by atoms with Gasteiger partial charge in [-0.1, -0.05) is 13.3 Å². The number of ether oxygens (including phenoxy) is 1. The Bertz CT molecular complexity index is 280. The molecule has 0 spiro atoms. The maximum absolute atomic E-state index is 8.86. The van der Waals surface area contributed by atoms with Gasteiger partial charge in [0.25, 0.3) is 0 Å². The SMILES string of the molecule is CCCC(COC)NCc1ccc(CO)o1. The average Bonchev–Trinajstić information content (AvgIpc) is 2.74. The molecule has 0 aromatic carbocycles. The van der Waals surface area contributed by atoms with E-state index in [4.69, 9.17) is 14.3 Å². The first-order valence-corrected chi connectivity index (χ1v) is 5.71. The zero-order valence-corrected chi connectivity index (χ0v) is 10.0. The van der Waals surface area contributed by atoms with E-state index in [1.807, 2.05) is 6.07 Å². The molecule has 1 aromatic rings. The van der Waals surface area contributed by atoms with Gasteiger partial charge >= 0.3 is 0 Å². The first kappa shape index (κ1) is 13.2. The van der Waals surface area contributed by atoms with Gasteiger partial charge in [0.05, 0.1) is 13.2 Å². The van der Waals surface area contributed by atoms with Crippen molar-refractivity contribution in [1.82, 2.24) is 5.32 Å². The lowest BCUT2D eigenvalue weighted by molar-refractivity contribution is 0.159. The number of methoxy groups -OCH3 is 1. The summed E-state index contributed by atoms with van der Waals surface area (Å²) in [5.41, 5.74) is 0. The van der Waals surface area contributed by atoms with Gasteiger partial charge < -0.3 is 19.6 Å². The van der Waals surface area contributed by atoms with E-state index in [0.29, 0.717) is 25.0 Å². The van der Waals surface area contributed by atoms with Gasteiger partial charge in [-0.05, 0) is 18.6 Å². The number of aliphatic hydroxyl groups excluding tert-OH is 1. The van der Waals surface area contributed by atoms with Crippen LogP contribution in [0.15, 0.2) is 16.5 Å². The minimum atomic E-state index is -0.0452. The van der Waals surface area contributed by atoms with Gasteiger partial charge in [-0.3, -0.25) is 0 Å². The van der Waals surface area contributed by atoms with Gasteiger partial charge in [-0.25, -0.2) is 0 Å². The highest BCUT2D eigenvalue weighted by Crippen LogP contribution is 2.08. The molecule has 0 aliphatic carbocycles. The lowest BCUT2D eigenvalue weighted by Gasteiger charge is -2.16. The van der Waals surface area contributed by atoms with Crippen molar-refractivity contribution in [3.05, 3.63) is 23.7 Å². The van der Waals surface area contributed by atoms with E-state index >= 15 is 0 Å². The summed E-state index contributed by atoms with van der Waals surface area (Å²) < 4.78 is 10.5. The molecule has 0 saturated heterocycles. The van der Waals surface area contributed by atoms with E-state index in [1.54, 1.807) is 13.2 Å². The van der Waals surface area contributed by atoms with Crippen molar-refractivity contribution in [3.8, 4) is 0 Å². The summed E-state index contributed by atoms with van der Waals surface area (Å²) in [7, 11) is 1.71. The molecule has 0 bridgehead atoms. The van der Waals surface area contributed by atoms with Crippen LogP contribution in [-0.2, 0) is 17.9 Å². The molecule has 4 heteroatoms. The van der Waals surface area contributed by atoms with Crippen LogP contribution in [0.3, 0.4) is 0 Å². The van der Waals surface area contributed by atoms with E-state index in [0.717, 1.165) is 18.6 Å². The quantitative estimate of drug-likeness (QED) is 0.709. The highest BCUT2D eigenvalue weighted by molar-refractivity contribution is 5.06. The predicted molar refractivity (Wildman–Crippen MR) is 62.0 cm³/mol. The lowest BCUT2D eigenvalue weighted by atomic mass is 10.2. The molecule has 16 heavy (non-hydrogen) atoms. The van der Waals surface area contributed by atoms with Crippen molar-refractivity contribution in [2.45, 2.75) is 39.0 Å². The molecule has 0 aliphatic heterocycles. The molecule has 1 aromatic heterocycles. The van der Waals surface area contributed by atoms with Crippen LogP contribution >= 0.6 is 0 Å². The van der Waals surface area contributed by atoms with E-state index in [-0.39, 0.29) is 6.61 Å². The Morgan fingerprint density at radius 1 is 1.44 bits per heavy atom. The molecule has 1 unspecified atom stereocenters. The fraction of sp³-hybridized carbons (Fsp3) is 0.667. The number of aliphatic hydroxyl groups is 1. The fourth-order valence-corrected chi connectivity index (χ4v) is 1.64. The second-order valence-corrected chi connectivity index (χ2v) is 3.85. The summed E-state index contributed by atoms with van der Waals surface area (Å²) in [6.07, 6.45) is 2.21. The normalized spacial score (nSPS) is 12.9. The van der Waals surface area contributed by atoms with Crippen LogP contribution in [0.5, 0.6) is 0 Å².